The highest BCUT2D eigenvalue weighted by Gasteiger charge is 2.14. The quantitative estimate of drug-likeness (QED) is 0.703. The molecule has 0 radical (unpaired) electrons. The van der Waals surface area contributed by atoms with Crippen molar-refractivity contribution in [2.24, 2.45) is 0 Å². The van der Waals surface area contributed by atoms with Crippen molar-refractivity contribution in [2.75, 3.05) is 7.11 Å². The topological polar surface area (TPSA) is 26.3 Å². The lowest BCUT2D eigenvalue weighted by molar-refractivity contribution is 0.112. The van der Waals surface area contributed by atoms with E-state index in [1.807, 2.05) is 0 Å². The Morgan fingerprint density at radius 3 is 2.55 bits per heavy atom. The lowest BCUT2D eigenvalue weighted by atomic mass is 10.4. The number of thiophene rings is 1. The van der Waals surface area contributed by atoms with Crippen LogP contribution in [0.15, 0.2) is 0 Å². The second-order valence-corrected chi connectivity index (χ2v) is 3.74. The summed E-state index contributed by atoms with van der Waals surface area (Å²) in [6, 6.07) is 0. The predicted molar refractivity (Wildman–Crippen MR) is 46.3 cm³/mol. The summed E-state index contributed by atoms with van der Waals surface area (Å²) in [5, 5.41) is 0.307. The molecule has 0 saturated heterocycles. The normalized spacial score (nSPS) is 9.73. The Hall–Kier alpha value is -0.250. The van der Waals surface area contributed by atoms with E-state index >= 15 is 0 Å². The molecule has 1 aromatic rings. The number of aldehydes is 1. The van der Waals surface area contributed by atoms with E-state index in [-0.39, 0.29) is 0 Å². The number of halogens is 2. The maximum atomic E-state index is 10.4. The van der Waals surface area contributed by atoms with Crippen LogP contribution < -0.4 is 4.74 Å². The summed E-state index contributed by atoms with van der Waals surface area (Å²) < 4.78 is 5.23. The monoisotopic (exact) mass is 210 g/mol. The number of methoxy groups -OCH3 is 1. The third-order valence-corrected chi connectivity index (χ3v) is 2.98. The first-order chi connectivity index (χ1) is 5.20. The van der Waals surface area contributed by atoms with Gasteiger partial charge in [-0.25, -0.2) is 0 Å². The summed E-state index contributed by atoms with van der Waals surface area (Å²) in [6.45, 7) is 0. The van der Waals surface area contributed by atoms with Crippen molar-refractivity contribution >= 4 is 40.8 Å². The smallest absolute Gasteiger partial charge is 0.163 e. The van der Waals surface area contributed by atoms with Crippen molar-refractivity contribution in [3.8, 4) is 5.75 Å². The Kier molecular flexibility index (Phi) is 2.76. The summed E-state index contributed by atoms with van der Waals surface area (Å²) >= 11 is 12.4. The van der Waals surface area contributed by atoms with Crippen molar-refractivity contribution in [3.05, 3.63) is 14.2 Å². The van der Waals surface area contributed by atoms with Gasteiger partial charge in [-0.05, 0) is 0 Å². The first kappa shape index (κ1) is 8.84. The second kappa shape index (κ2) is 3.43. The van der Waals surface area contributed by atoms with Crippen molar-refractivity contribution in [3.63, 3.8) is 0 Å². The van der Waals surface area contributed by atoms with Crippen LogP contribution in [0.4, 0.5) is 0 Å². The van der Waals surface area contributed by atoms with Crippen LogP contribution in [0.5, 0.6) is 5.75 Å². The largest absolute Gasteiger partial charge is 0.493 e. The molecule has 60 valence electrons. The van der Waals surface area contributed by atoms with E-state index < -0.39 is 0 Å². The molecule has 2 nitrogen and oxygen atoms in total. The Labute approximate surface area is 77.7 Å². The van der Waals surface area contributed by atoms with Gasteiger partial charge in [0.15, 0.2) is 12.0 Å². The molecule has 0 unspecified atom stereocenters. The van der Waals surface area contributed by atoms with Crippen molar-refractivity contribution in [2.45, 2.75) is 0 Å². The maximum Gasteiger partial charge on any atom is 0.163 e. The van der Waals surface area contributed by atoms with Gasteiger partial charge in [-0.2, -0.15) is 0 Å². The third kappa shape index (κ3) is 1.50. The minimum atomic E-state index is 0.307. The van der Waals surface area contributed by atoms with E-state index in [4.69, 9.17) is 27.9 Å². The van der Waals surface area contributed by atoms with E-state index in [0.717, 1.165) is 11.3 Å². The van der Waals surface area contributed by atoms with Crippen LogP contribution in [-0.2, 0) is 0 Å². The molecule has 1 aromatic heterocycles. The minimum absolute atomic E-state index is 0.307. The van der Waals surface area contributed by atoms with Gasteiger partial charge in [0.05, 0.1) is 7.11 Å². The van der Waals surface area contributed by atoms with Crippen molar-refractivity contribution in [1.29, 1.82) is 0 Å². The number of hydrogen-bond donors (Lipinski definition) is 0. The van der Waals surface area contributed by atoms with Crippen LogP contribution in [-0.4, -0.2) is 13.4 Å². The molecule has 0 spiro atoms. The Morgan fingerprint density at radius 2 is 2.18 bits per heavy atom. The van der Waals surface area contributed by atoms with Crippen LogP contribution in [0.1, 0.15) is 9.67 Å². The van der Waals surface area contributed by atoms with E-state index in [9.17, 15) is 4.79 Å². The third-order valence-electron chi connectivity index (χ3n) is 1.11. The zero-order chi connectivity index (χ0) is 8.43. The second-order valence-electron chi connectivity index (χ2n) is 1.71. The molecular formula is C6H4Cl2O2S. The first-order valence-electron chi connectivity index (χ1n) is 2.67. The molecule has 0 aromatic carbocycles. The summed E-state index contributed by atoms with van der Waals surface area (Å²) in [5.41, 5.74) is 0. The van der Waals surface area contributed by atoms with Crippen LogP contribution >= 0.6 is 34.5 Å². The summed E-state index contributed by atoms with van der Waals surface area (Å²) in [7, 11) is 1.44. The van der Waals surface area contributed by atoms with E-state index in [0.29, 0.717) is 26.3 Å². The zero-order valence-electron chi connectivity index (χ0n) is 5.56. The van der Waals surface area contributed by atoms with E-state index in [2.05, 4.69) is 0 Å². The molecule has 0 aliphatic carbocycles. The lowest BCUT2D eigenvalue weighted by Crippen LogP contribution is -1.84. The number of ether oxygens (including phenoxy) is 1. The van der Waals surface area contributed by atoms with Crippen molar-refractivity contribution < 1.29 is 9.53 Å². The van der Waals surface area contributed by atoms with Crippen LogP contribution in [0.2, 0.25) is 9.36 Å². The van der Waals surface area contributed by atoms with Crippen molar-refractivity contribution in [1.82, 2.24) is 0 Å². The average molecular weight is 211 g/mol. The fraction of sp³-hybridized carbons (Fsp3) is 0.167. The molecule has 1 rings (SSSR count). The molecule has 0 aliphatic rings. The molecule has 11 heavy (non-hydrogen) atoms. The van der Waals surface area contributed by atoms with Crippen LogP contribution in [0.3, 0.4) is 0 Å². The lowest BCUT2D eigenvalue weighted by Gasteiger charge is -1.95. The van der Waals surface area contributed by atoms with Gasteiger partial charge in [0, 0.05) is 0 Å². The SMILES string of the molecule is COc1c(C=O)sc(Cl)c1Cl. The zero-order valence-corrected chi connectivity index (χ0v) is 7.89. The van der Waals surface area contributed by atoms with Gasteiger partial charge >= 0.3 is 0 Å². The molecule has 0 N–H and O–H groups in total. The van der Waals surface area contributed by atoms with E-state index in [1.165, 1.54) is 7.11 Å². The standard InChI is InChI=1S/C6H4Cl2O2S/c1-10-5-3(2-9)11-6(8)4(5)7/h2H,1H3. The number of rotatable bonds is 2. The van der Waals surface area contributed by atoms with Gasteiger partial charge < -0.3 is 4.74 Å². The molecule has 1 heterocycles. The van der Waals surface area contributed by atoms with Gasteiger partial charge in [0.1, 0.15) is 14.2 Å². The average Bonchev–Trinajstić information content (AvgIpc) is 2.28. The van der Waals surface area contributed by atoms with Crippen LogP contribution in [0, 0.1) is 0 Å². The minimum Gasteiger partial charge on any atom is -0.493 e. The summed E-state index contributed by atoms with van der Waals surface area (Å²) in [4.78, 5) is 10.8. The van der Waals surface area contributed by atoms with Gasteiger partial charge in [0.2, 0.25) is 0 Å². The Balaban J connectivity index is 3.26. The molecule has 0 saturated carbocycles. The maximum absolute atomic E-state index is 10.4. The van der Waals surface area contributed by atoms with Crippen LogP contribution in [0.25, 0.3) is 0 Å². The first-order valence-corrected chi connectivity index (χ1v) is 4.25. The van der Waals surface area contributed by atoms with Gasteiger partial charge in [-0.3, -0.25) is 4.79 Å². The molecule has 0 atom stereocenters. The highest BCUT2D eigenvalue weighted by atomic mass is 35.5. The fourth-order valence-electron chi connectivity index (χ4n) is 0.653. The molecule has 0 bridgehead atoms. The van der Waals surface area contributed by atoms with Gasteiger partial charge in [-0.15, -0.1) is 11.3 Å². The Morgan fingerprint density at radius 1 is 1.55 bits per heavy atom. The number of carbonyl (C=O) groups is 1. The summed E-state index contributed by atoms with van der Waals surface area (Å²) in [5.74, 6) is 0.358. The summed E-state index contributed by atoms with van der Waals surface area (Å²) in [6.07, 6.45) is 0.668. The van der Waals surface area contributed by atoms with Gasteiger partial charge in [-0.1, -0.05) is 23.2 Å². The molecule has 0 amide bonds. The molecule has 5 heteroatoms. The molecular weight excluding hydrogens is 207 g/mol. The Bertz CT molecular complexity index is 282. The highest BCUT2D eigenvalue weighted by molar-refractivity contribution is 7.18. The number of hydrogen-bond acceptors (Lipinski definition) is 3. The molecule has 0 aliphatic heterocycles. The fourth-order valence-corrected chi connectivity index (χ4v) is 2.04. The predicted octanol–water partition coefficient (Wildman–Crippen LogP) is 2.88. The highest BCUT2D eigenvalue weighted by Crippen LogP contribution is 2.41. The number of carbonyl (C=O) groups excluding carboxylic acids is 1. The molecule has 0 fully saturated rings. The van der Waals surface area contributed by atoms with Gasteiger partial charge in [0.25, 0.3) is 0 Å². The van der Waals surface area contributed by atoms with E-state index in [1.54, 1.807) is 0 Å².